The summed E-state index contributed by atoms with van der Waals surface area (Å²) in [6.45, 7) is 1.69. The second kappa shape index (κ2) is 3.09. The number of hydrogen-bond donors (Lipinski definition) is 0. The van der Waals surface area contributed by atoms with Gasteiger partial charge in [-0.05, 0) is 18.6 Å². The van der Waals surface area contributed by atoms with Crippen LogP contribution >= 0.6 is 0 Å². The number of hydrogen-bond acceptors (Lipinski definition) is 3. The van der Waals surface area contributed by atoms with Gasteiger partial charge in [0, 0.05) is 22.9 Å². The van der Waals surface area contributed by atoms with E-state index in [1.165, 1.54) is 6.20 Å². The maximum atomic E-state index is 10.1. The Bertz CT molecular complexity index is 273. The van der Waals surface area contributed by atoms with Crippen molar-refractivity contribution in [2.24, 2.45) is 0 Å². The molecule has 0 saturated heterocycles. The summed E-state index contributed by atoms with van der Waals surface area (Å²) in [7, 11) is 0. The Kier molecular flexibility index (Phi) is 2.15. The van der Waals surface area contributed by atoms with Gasteiger partial charge in [0.05, 0.1) is 0 Å². The molecule has 1 rings (SSSR count). The van der Waals surface area contributed by atoms with E-state index in [4.69, 9.17) is 0 Å². The first-order chi connectivity index (χ1) is 5.20. The Morgan fingerprint density at radius 2 is 2.45 bits per heavy atom. The summed E-state index contributed by atoms with van der Waals surface area (Å²) in [4.78, 5) is 13.5. The summed E-state index contributed by atoms with van der Waals surface area (Å²) in [5, 5.41) is 10.1. The molecule has 0 unspecified atom stereocenters. The molecular weight excluding hydrogens is 144 g/mol. The molecule has 1 heterocycles. The molecule has 0 amide bonds. The minimum Gasteiger partial charge on any atom is -0.264 e. The molecular formula is C7H8N2O2. The highest BCUT2D eigenvalue weighted by Gasteiger charge is 2.03. The highest BCUT2D eigenvalue weighted by atomic mass is 16.6. The number of aryl methyl sites for hydroxylation is 1. The second-order valence-corrected chi connectivity index (χ2v) is 2.29. The molecule has 0 N–H and O–H groups in total. The van der Waals surface area contributed by atoms with Crippen molar-refractivity contribution in [3.8, 4) is 0 Å². The molecule has 4 nitrogen and oxygen atoms in total. The Labute approximate surface area is 64.0 Å². The third-order valence-electron chi connectivity index (χ3n) is 1.45. The monoisotopic (exact) mass is 152 g/mol. The summed E-state index contributed by atoms with van der Waals surface area (Å²) < 4.78 is 0. The Hall–Kier alpha value is -1.45. The van der Waals surface area contributed by atoms with E-state index in [-0.39, 0.29) is 11.5 Å². The van der Waals surface area contributed by atoms with Crippen molar-refractivity contribution in [2.75, 3.05) is 0 Å². The third kappa shape index (κ3) is 2.00. The Balaban J connectivity index is 2.86. The summed E-state index contributed by atoms with van der Waals surface area (Å²) >= 11 is 0. The predicted octanol–water partition coefficient (Wildman–Crippen LogP) is 1.17. The van der Waals surface area contributed by atoms with Crippen molar-refractivity contribution in [3.05, 3.63) is 39.7 Å². The van der Waals surface area contributed by atoms with Crippen molar-refractivity contribution in [1.29, 1.82) is 0 Å². The summed E-state index contributed by atoms with van der Waals surface area (Å²) in [5.74, 6) is 0. The highest BCUT2D eigenvalue weighted by molar-refractivity contribution is 5.20. The predicted molar refractivity (Wildman–Crippen MR) is 39.7 cm³/mol. The first-order valence-electron chi connectivity index (χ1n) is 3.21. The molecule has 1 aromatic heterocycles. The van der Waals surface area contributed by atoms with Gasteiger partial charge in [0.1, 0.15) is 0 Å². The van der Waals surface area contributed by atoms with Gasteiger partial charge in [0.25, 0.3) is 0 Å². The average Bonchev–Trinajstić information content (AvgIpc) is 1.93. The molecule has 0 spiro atoms. The second-order valence-electron chi connectivity index (χ2n) is 2.29. The van der Waals surface area contributed by atoms with E-state index in [1.807, 2.05) is 6.92 Å². The van der Waals surface area contributed by atoms with Gasteiger partial charge in [-0.15, -0.1) is 0 Å². The van der Waals surface area contributed by atoms with Crippen molar-refractivity contribution >= 4 is 0 Å². The zero-order valence-corrected chi connectivity index (χ0v) is 6.15. The SMILES string of the molecule is Cc1ccncc1C[N+](=O)[O-]. The normalized spacial score (nSPS) is 9.55. The lowest BCUT2D eigenvalue weighted by atomic mass is 10.2. The van der Waals surface area contributed by atoms with Crippen molar-refractivity contribution in [2.45, 2.75) is 13.5 Å². The largest absolute Gasteiger partial charge is 0.264 e. The van der Waals surface area contributed by atoms with Crippen LogP contribution in [-0.2, 0) is 6.54 Å². The van der Waals surface area contributed by atoms with Gasteiger partial charge in [0.2, 0.25) is 6.54 Å². The molecule has 0 aromatic carbocycles. The van der Waals surface area contributed by atoms with Crippen molar-refractivity contribution < 1.29 is 4.92 Å². The maximum absolute atomic E-state index is 10.1. The average molecular weight is 152 g/mol. The van der Waals surface area contributed by atoms with E-state index in [1.54, 1.807) is 12.3 Å². The smallest absolute Gasteiger partial charge is 0.230 e. The van der Waals surface area contributed by atoms with Crippen LogP contribution < -0.4 is 0 Å². The van der Waals surface area contributed by atoms with Gasteiger partial charge in [-0.25, -0.2) is 0 Å². The van der Waals surface area contributed by atoms with Crippen molar-refractivity contribution in [3.63, 3.8) is 0 Å². The van der Waals surface area contributed by atoms with Gasteiger partial charge in [-0.3, -0.25) is 15.1 Å². The molecule has 0 saturated carbocycles. The molecule has 0 aliphatic heterocycles. The molecule has 1 aromatic rings. The molecule has 0 aliphatic rings. The molecule has 11 heavy (non-hydrogen) atoms. The van der Waals surface area contributed by atoms with Gasteiger partial charge in [0.15, 0.2) is 0 Å². The van der Waals surface area contributed by atoms with Crippen LogP contribution in [0.25, 0.3) is 0 Å². The summed E-state index contributed by atoms with van der Waals surface area (Å²) in [5.41, 5.74) is 1.59. The summed E-state index contributed by atoms with van der Waals surface area (Å²) in [6.07, 6.45) is 3.15. The van der Waals surface area contributed by atoms with Crippen LogP contribution in [0, 0.1) is 17.0 Å². The van der Waals surface area contributed by atoms with Crippen LogP contribution in [0.4, 0.5) is 0 Å². The molecule has 4 heteroatoms. The number of aromatic nitrogens is 1. The van der Waals surface area contributed by atoms with Crippen LogP contribution in [0.3, 0.4) is 0 Å². The van der Waals surface area contributed by atoms with Crippen LogP contribution in [-0.4, -0.2) is 9.91 Å². The van der Waals surface area contributed by atoms with E-state index in [0.717, 1.165) is 5.56 Å². The fraction of sp³-hybridized carbons (Fsp3) is 0.286. The molecule has 0 atom stereocenters. The standard InChI is InChI=1S/C7H8N2O2/c1-6-2-3-8-4-7(6)5-9(10)11/h2-4H,5H2,1H3. The fourth-order valence-electron chi connectivity index (χ4n) is 0.801. The van der Waals surface area contributed by atoms with E-state index in [2.05, 4.69) is 4.98 Å². The van der Waals surface area contributed by atoms with E-state index < -0.39 is 0 Å². The number of rotatable bonds is 2. The van der Waals surface area contributed by atoms with E-state index >= 15 is 0 Å². The zero-order valence-electron chi connectivity index (χ0n) is 6.15. The molecule has 0 aliphatic carbocycles. The van der Waals surface area contributed by atoms with E-state index in [0.29, 0.717) is 5.56 Å². The first kappa shape index (κ1) is 7.65. The number of nitrogens with zero attached hydrogens (tertiary/aromatic N) is 2. The minimum absolute atomic E-state index is 0.139. The minimum atomic E-state index is -0.357. The van der Waals surface area contributed by atoms with Crippen molar-refractivity contribution in [1.82, 2.24) is 4.98 Å². The summed E-state index contributed by atoms with van der Waals surface area (Å²) in [6, 6.07) is 1.76. The van der Waals surface area contributed by atoms with Crippen LogP contribution in [0.15, 0.2) is 18.5 Å². The molecule has 0 bridgehead atoms. The zero-order chi connectivity index (χ0) is 8.27. The maximum Gasteiger partial charge on any atom is 0.230 e. The molecule has 0 radical (unpaired) electrons. The molecule has 0 fully saturated rings. The van der Waals surface area contributed by atoms with Gasteiger partial charge >= 0.3 is 0 Å². The number of pyridine rings is 1. The Morgan fingerprint density at radius 1 is 1.73 bits per heavy atom. The quantitative estimate of drug-likeness (QED) is 0.472. The topological polar surface area (TPSA) is 56.0 Å². The van der Waals surface area contributed by atoms with Crippen LogP contribution in [0.2, 0.25) is 0 Å². The van der Waals surface area contributed by atoms with Gasteiger partial charge in [-0.1, -0.05) is 0 Å². The first-order valence-corrected chi connectivity index (χ1v) is 3.21. The van der Waals surface area contributed by atoms with Crippen LogP contribution in [0.5, 0.6) is 0 Å². The van der Waals surface area contributed by atoms with E-state index in [9.17, 15) is 10.1 Å². The third-order valence-corrected chi connectivity index (χ3v) is 1.45. The fourth-order valence-corrected chi connectivity index (χ4v) is 0.801. The van der Waals surface area contributed by atoms with Gasteiger partial charge in [-0.2, -0.15) is 0 Å². The lowest BCUT2D eigenvalue weighted by Gasteiger charge is -1.97. The Morgan fingerprint density at radius 3 is 3.00 bits per heavy atom. The molecule has 58 valence electrons. The number of nitro groups is 1. The highest BCUT2D eigenvalue weighted by Crippen LogP contribution is 2.04. The lowest BCUT2D eigenvalue weighted by Crippen LogP contribution is -2.00. The lowest BCUT2D eigenvalue weighted by molar-refractivity contribution is -0.496. The van der Waals surface area contributed by atoms with Gasteiger partial charge < -0.3 is 0 Å². The van der Waals surface area contributed by atoms with Crippen LogP contribution in [0.1, 0.15) is 11.1 Å².